The summed E-state index contributed by atoms with van der Waals surface area (Å²) in [5.41, 5.74) is 5.70. The van der Waals surface area contributed by atoms with Crippen molar-refractivity contribution in [2.45, 2.75) is 30.6 Å². The first-order chi connectivity index (χ1) is 8.60. The van der Waals surface area contributed by atoms with Crippen molar-refractivity contribution in [3.63, 3.8) is 0 Å². The molecule has 0 aromatic carbocycles. The second-order valence-electron chi connectivity index (χ2n) is 4.67. The van der Waals surface area contributed by atoms with E-state index in [2.05, 4.69) is 26.5 Å². The van der Waals surface area contributed by atoms with Gasteiger partial charge in [-0.1, -0.05) is 6.42 Å². The normalized spacial score (nSPS) is 23.1. The van der Waals surface area contributed by atoms with Crippen molar-refractivity contribution < 1.29 is 0 Å². The number of aromatic nitrogens is 3. The predicted molar refractivity (Wildman–Crippen MR) is 77.1 cm³/mol. The lowest BCUT2D eigenvalue weighted by Gasteiger charge is -2.20. The first kappa shape index (κ1) is 13.2. The van der Waals surface area contributed by atoms with Gasteiger partial charge in [-0.2, -0.15) is 26.7 Å². The van der Waals surface area contributed by atoms with Gasteiger partial charge in [0.05, 0.1) is 0 Å². The maximum absolute atomic E-state index is 5.70. The maximum Gasteiger partial charge on any atom is 0.231 e. The lowest BCUT2D eigenvalue weighted by atomic mass is 10.2. The first-order valence-corrected chi connectivity index (χ1v) is 7.37. The van der Waals surface area contributed by atoms with Crippen LogP contribution in [0.25, 0.3) is 0 Å². The predicted octanol–water partition coefficient (Wildman–Crippen LogP) is 1.22. The molecule has 0 saturated heterocycles. The van der Waals surface area contributed by atoms with Crippen LogP contribution in [0.5, 0.6) is 0 Å². The number of anilines is 3. The Bertz CT molecular complexity index is 411. The van der Waals surface area contributed by atoms with Crippen molar-refractivity contribution in [3.8, 4) is 0 Å². The Morgan fingerprint density at radius 3 is 2.72 bits per heavy atom. The monoisotopic (exact) mass is 268 g/mol. The van der Waals surface area contributed by atoms with E-state index in [-0.39, 0.29) is 5.95 Å². The molecule has 2 atom stereocenters. The summed E-state index contributed by atoms with van der Waals surface area (Å²) in [7, 11) is 3.78. The van der Waals surface area contributed by atoms with E-state index in [1.807, 2.05) is 30.8 Å². The van der Waals surface area contributed by atoms with Gasteiger partial charge in [0.1, 0.15) is 0 Å². The van der Waals surface area contributed by atoms with Crippen LogP contribution in [-0.4, -0.2) is 46.6 Å². The van der Waals surface area contributed by atoms with E-state index < -0.39 is 0 Å². The molecular weight excluding hydrogens is 248 g/mol. The van der Waals surface area contributed by atoms with E-state index in [1.54, 1.807) is 0 Å². The number of nitrogens with zero attached hydrogens (tertiary/aromatic N) is 4. The summed E-state index contributed by atoms with van der Waals surface area (Å²) in [5.74, 6) is 1.43. The van der Waals surface area contributed by atoms with E-state index in [1.165, 1.54) is 12.8 Å². The molecule has 1 heterocycles. The van der Waals surface area contributed by atoms with Crippen molar-refractivity contribution in [2.75, 3.05) is 36.3 Å². The summed E-state index contributed by atoms with van der Waals surface area (Å²) < 4.78 is 0. The molecule has 7 heteroatoms. The van der Waals surface area contributed by atoms with Crippen LogP contribution in [0.3, 0.4) is 0 Å². The molecule has 1 aromatic heterocycles. The van der Waals surface area contributed by atoms with Crippen LogP contribution in [-0.2, 0) is 0 Å². The molecule has 1 aliphatic carbocycles. The molecule has 2 rings (SSSR count). The van der Waals surface area contributed by atoms with E-state index in [9.17, 15) is 0 Å². The van der Waals surface area contributed by atoms with Gasteiger partial charge < -0.3 is 16.0 Å². The van der Waals surface area contributed by atoms with Crippen LogP contribution in [0.15, 0.2) is 0 Å². The largest absolute Gasteiger partial charge is 0.368 e. The number of hydrogen-bond acceptors (Lipinski definition) is 7. The summed E-state index contributed by atoms with van der Waals surface area (Å²) >= 11 is 1.90. The zero-order valence-corrected chi connectivity index (χ0v) is 11.9. The molecule has 1 aliphatic rings. The number of nitrogens with two attached hydrogens (primary N) is 1. The van der Waals surface area contributed by atoms with Crippen molar-refractivity contribution >= 4 is 29.6 Å². The second-order valence-corrected chi connectivity index (χ2v) is 5.74. The molecule has 0 radical (unpaired) electrons. The Morgan fingerprint density at radius 1 is 1.28 bits per heavy atom. The molecule has 2 unspecified atom stereocenters. The van der Waals surface area contributed by atoms with Crippen LogP contribution >= 0.6 is 11.8 Å². The number of hydrogen-bond donors (Lipinski definition) is 2. The van der Waals surface area contributed by atoms with Gasteiger partial charge in [0.2, 0.25) is 17.8 Å². The lowest BCUT2D eigenvalue weighted by molar-refractivity contribution is 0.754. The average molecular weight is 268 g/mol. The zero-order chi connectivity index (χ0) is 13.1. The van der Waals surface area contributed by atoms with Gasteiger partial charge in [0.25, 0.3) is 0 Å². The minimum atomic E-state index is 0.259. The van der Waals surface area contributed by atoms with Crippen molar-refractivity contribution in [1.82, 2.24) is 15.0 Å². The first-order valence-electron chi connectivity index (χ1n) is 6.08. The molecule has 0 bridgehead atoms. The highest BCUT2D eigenvalue weighted by molar-refractivity contribution is 7.99. The molecule has 100 valence electrons. The summed E-state index contributed by atoms with van der Waals surface area (Å²) in [5, 5.41) is 4.02. The van der Waals surface area contributed by atoms with Gasteiger partial charge in [-0.15, -0.1) is 0 Å². The van der Waals surface area contributed by atoms with Gasteiger partial charge in [-0.05, 0) is 19.1 Å². The number of thioether (sulfide) groups is 1. The highest BCUT2D eigenvalue weighted by Crippen LogP contribution is 2.30. The summed E-state index contributed by atoms with van der Waals surface area (Å²) in [6.07, 6.45) is 5.82. The van der Waals surface area contributed by atoms with Crippen LogP contribution < -0.4 is 16.0 Å². The van der Waals surface area contributed by atoms with Gasteiger partial charge >= 0.3 is 0 Å². The molecule has 0 spiro atoms. The highest BCUT2D eigenvalue weighted by atomic mass is 32.2. The van der Waals surface area contributed by atoms with Crippen molar-refractivity contribution in [2.24, 2.45) is 0 Å². The smallest absolute Gasteiger partial charge is 0.231 e. The topological polar surface area (TPSA) is 80.0 Å². The van der Waals surface area contributed by atoms with Crippen LogP contribution in [0.1, 0.15) is 19.3 Å². The zero-order valence-electron chi connectivity index (χ0n) is 11.1. The molecule has 0 amide bonds. The molecule has 18 heavy (non-hydrogen) atoms. The Balaban J connectivity index is 2.13. The molecule has 3 N–H and O–H groups in total. The quantitative estimate of drug-likeness (QED) is 0.849. The second kappa shape index (κ2) is 5.60. The average Bonchev–Trinajstić information content (AvgIpc) is 2.75. The Morgan fingerprint density at radius 2 is 2.06 bits per heavy atom. The number of nitrogen functional groups attached to an aromatic ring is 1. The van der Waals surface area contributed by atoms with Gasteiger partial charge in [-0.25, -0.2) is 0 Å². The highest BCUT2D eigenvalue weighted by Gasteiger charge is 2.27. The fourth-order valence-electron chi connectivity index (χ4n) is 2.18. The molecule has 1 aromatic rings. The van der Waals surface area contributed by atoms with E-state index in [0.29, 0.717) is 23.2 Å². The Kier molecular flexibility index (Phi) is 4.11. The third-order valence-electron chi connectivity index (χ3n) is 3.11. The van der Waals surface area contributed by atoms with E-state index in [4.69, 9.17) is 5.73 Å². The van der Waals surface area contributed by atoms with Crippen LogP contribution in [0.2, 0.25) is 0 Å². The molecule has 1 saturated carbocycles. The number of nitrogens with one attached hydrogen (secondary N) is 1. The minimum absolute atomic E-state index is 0.259. The summed E-state index contributed by atoms with van der Waals surface area (Å²) in [6, 6.07) is 0.428. The van der Waals surface area contributed by atoms with Crippen LogP contribution in [0.4, 0.5) is 17.8 Å². The summed E-state index contributed by atoms with van der Waals surface area (Å²) in [4.78, 5) is 14.4. The van der Waals surface area contributed by atoms with Crippen LogP contribution in [0, 0.1) is 0 Å². The van der Waals surface area contributed by atoms with E-state index >= 15 is 0 Å². The Labute approximate surface area is 112 Å². The van der Waals surface area contributed by atoms with E-state index in [0.717, 1.165) is 6.42 Å². The molecule has 6 nitrogen and oxygen atoms in total. The maximum atomic E-state index is 5.70. The molecule has 1 fully saturated rings. The third kappa shape index (κ3) is 2.95. The minimum Gasteiger partial charge on any atom is -0.368 e. The van der Waals surface area contributed by atoms with Gasteiger partial charge in [-0.3, -0.25) is 0 Å². The Hall–Kier alpha value is -1.24. The fraction of sp³-hybridized carbons (Fsp3) is 0.727. The standard InChI is InChI=1S/C11H20N6S/c1-17(2)11-15-9(12)14-10(16-11)13-7-5-4-6-8(7)18-3/h7-8H,4-6H2,1-3H3,(H3,12,13,14,15,16). The molecule has 0 aliphatic heterocycles. The lowest BCUT2D eigenvalue weighted by Crippen LogP contribution is -2.27. The van der Waals surface area contributed by atoms with Gasteiger partial charge in [0, 0.05) is 25.4 Å². The van der Waals surface area contributed by atoms with Gasteiger partial charge in [0.15, 0.2) is 0 Å². The fourth-order valence-corrected chi connectivity index (χ4v) is 3.12. The van der Waals surface area contributed by atoms with Crippen molar-refractivity contribution in [3.05, 3.63) is 0 Å². The SMILES string of the molecule is CSC1CCCC1Nc1nc(N)nc(N(C)C)n1. The molecular formula is C11H20N6S. The van der Waals surface area contributed by atoms with Crippen molar-refractivity contribution in [1.29, 1.82) is 0 Å². The number of rotatable bonds is 4. The summed E-state index contributed by atoms with van der Waals surface area (Å²) in [6.45, 7) is 0. The third-order valence-corrected chi connectivity index (χ3v) is 4.28.